The number of nitrogens with one attached hydrogen (secondary N) is 1. The van der Waals surface area contributed by atoms with Crippen molar-refractivity contribution in [3.05, 3.63) is 0 Å². The predicted molar refractivity (Wildman–Crippen MR) is 57.3 cm³/mol. The number of carbonyl (C=O) groups is 1. The number of amides is 1. The summed E-state index contributed by atoms with van der Waals surface area (Å²) in [7, 11) is 0. The van der Waals surface area contributed by atoms with Gasteiger partial charge in [0.05, 0.1) is 0 Å². The van der Waals surface area contributed by atoms with Gasteiger partial charge in [0.25, 0.3) is 0 Å². The molecule has 0 bridgehead atoms. The van der Waals surface area contributed by atoms with Gasteiger partial charge in [-0.25, -0.2) is 0 Å². The SMILES string of the molecule is NCC1(CNC(=O)C2CCCO2)CCC1. The van der Waals surface area contributed by atoms with Crippen LogP contribution in [0.5, 0.6) is 0 Å². The van der Waals surface area contributed by atoms with Crippen LogP contribution in [0.4, 0.5) is 0 Å². The van der Waals surface area contributed by atoms with E-state index in [1.165, 1.54) is 6.42 Å². The van der Waals surface area contributed by atoms with E-state index in [9.17, 15) is 4.79 Å². The number of ether oxygens (including phenoxy) is 1. The Bertz CT molecular complexity index is 227. The van der Waals surface area contributed by atoms with E-state index in [4.69, 9.17) is 10.5 Å². The molecule has 3 N–H and O–H groups in total. The normalized spacial score (nSPS) is 28.5. The molecule has 1 saturated carbocycles. The minimum Gasteiger partial charge on any atom is -0.368 e. The average molecular weight is 212 g/mol. The highest BCUT2D eigenvalue weighted by Gasteiger charge is 2.36. The highest BCUT2D eigenvalue weighted by Crippen LogP contribution is 2.39. The molecule has 2 aliphatic rings. The van der Waals surface area contributed by atoms with Crippen molar-refractivity contribution in [2.45, 2.75) is 38.2 Å². The molecule has 0 aromatic carbocycles. The van der Waals surface area contributed by atoms with Crippen LogP contribution < -0.4 is 11.1 Å². The van der Waals surface area contributed by atoms with E-state index < -0.39 is 0 Å². The molecule has 1 aliphatic carbocycles. The van der Waals surface area contributed by atoms with Crippen LogP contribution in [0.2, 0.25) is 0 Å². The Morgan fingerprint density at radius 1 is 1.47 bits per heavy atom. The molecule has 1 aliphatic heterocycles. The van der Waals surface area contributed by atoms with Crippen LogP contribution in [0, 0.1) is 5.41 Å². The van der Waals surface area contributed by atoms with Gasteiger partial charge >= 0.3 is 0 Å². The highest BCUT2D eigenvalue weighted by molar-refractivity contribution is 5.81. The smallest absolute Gasteiger partial charge is 0.249 e. The molecule has 1 heterocycles. The lowest BCUT2D eigenvalue weighted by atomic mass is 9.69. The zero-order valence-electron chi connectivity index (χ0n) is 9.13. The van der Waals surface area contributed by atoms with Crippen molar-refractivity contribution in [1.29, 1.82) is 0 Å². The Morgan fingerprint density at radius 2 is 2.27 bits per heavy atom. The zero-order valence-corrected chi connectivity index (χ0v) is 9.13. The summed E-state index contributed by atoms with van der Waals surface area (Å²) >= 11 is 0. The van der Waals surface area contributed by atoms with Gasteiger partial charge in [0.1, 0.15) is 6.10 Å². The fourth-order valence-electron chi connectivity index (χ4n) is 2.30. The Balaban J connectivity index is 1.74. The first kappa shape index (κ1) is 10.9. The van der Waals surface area contributed by atoms with Crippen molar-refractivity contribution in [1.82, 2.24) is 5.32 Å². The summed E-state index contributed by atoms with van der Waals surface area (Å²) in [5.74, 6) is 0.0484. The molecule has 2 rings (SSSR count). The summed E-state index contributed by atoms with van der Waals surface area (Å²) in [5.41, 5.74) is 5.91. The van der Waals surface area contributed by atoms with Gasteiger partial charge in [-0.15, -0.1) is 0 Å². The third-order valence-electron chi connectivity index (χ3n) is 3.71. The van der Waals surface area contributed by atoms with Crippen molar-refractivity contribution >= 4 is 5.91 Å². The van der Waals surface area contributed by atoms with E-state index in [0.717, 1.165) is 38.8 Å². The van der Waals surface area contributed by atoms with Crippen molar-refractivity contribution < 1.29 is 9.53 Å². The predicted octanol–water partition coefficient (Wildman–Crippen LogP) is 0.411. The first-order valence-corrected chi connectivity index (χ1v) is 5.85. The maximum absolute atomic E-state index is 11.7. The topological polar surface area (TPSA) is 64.3 Å². The van der Waals surface area contributed by atoms with Crippen LogP contribution in [0.3, 0.4) is 0 Å². The van der Waals surface area contributed by atoms with E-state index in [1.54, 1.807) is 0 Å². The van der Waals surface area contributed by atoms with Crippen LogP contribution in [0.25, 0.3) is 0 Å². The highest BCUT2D eigenvalue weighted by atomic mass is 16.5. The molecule has 1 atom stereocenters. The molecule has 0 radical (unpaired) electrons. The van der Waals surface area contributed by atoms with Gasteiger partial charge in [0.15, 0.2) is 0 Å². The molecule has 2 fully saturated rings. The van der Waals surface area contributed by atoms with Gasteiger partial charge < -0.3 is 15.8 Å². The van der Waals surface area contributed by atoms with Gasteiger partial charge in [0, 0.05) is 13.2 Å². The molecule has 86 valence electrons. The Kier molecular flexibility index (Phi) is 3.26. The van der Waals surface area contributed by atoms with Crippen LogP contribution in [-0.4, -0.2) is 31.7 Å². The first-order valence-electron chi connectivity index (χ1n) is 5.85. The third kappa shape index (κ3) is 2.32. The monoisotopic (exact) mass is 212 g/mol. The fraction of sp³-hybridized carbons (Fsp3) is 0.909. The van der Waals surface area contributed by atoms with Crippen LogP contribution >= 0.6 is 0 Å². The van der Waals surface area contributed by atoms with Gasteiger partial charge in [-0.05, 0) is 37.6 Å². The molecular weight excluding hydrogens is 192 g/mol. The maximum Gasteiger partial charge on any atom is 0.249 e. The summed E-state index contributed by atoms with van der Waals surface area (Å²) in [5, 5.41) is 2.97. The fourth-order valence-corrected chi connectivity index (χ4v) is 2.30. The number of carbonyl (C=O) groups excluding carboxylic acids is 1. The Labute approximate surface area is 90.5 Å². The van der Waals surface area contributed by atoms with Crippen molar-refractivity contribution in [2.24, 2.45) is 11.1 Å². The molecule has 1 amide bonds. The van der Waals surface area contributed by atoms with Crippen molar-refractivity contribution in [2.75, 3.05) is 19.7 Å². The van der Waals surface area contributed by atoms with E-state index >= 15 is 0 Å². The third-order valence-corrected chi connectivity index (χ3v) is 3.71. The zero-order chi connectivity index (χ0) is 10.7. The second kappa shape index (κ2) is 4.49. The largest absolute Gasteiger partial charge is 0.368 e. The molecule has 0 aromatic rings. The van der Waals surface area contributed by atoms with Crippen LogP contribution in [0.15, 0.2) is 0 Å². The van der Waals surface area contributed by atoms with E-state index in [-0.39, 0.29) is 17.4 Å². The van der Waals surface area contributed by atoms with Crippen molar-refractivity contribution in [3.63, 3.8) is 0 Å². The van der Waals surface area contributed by atoms with Gasteiger partial charge in [-0.3, -0.25) is 4.79 Å². The van der Waals surface area contributed by atoms with E-state index in [1.807, 2.05) is 0 Å². The first-order chi connectivity index (χ1) is 7.26. The van der Waals surface area contributed by atoms with Gasteiger partial charge in [-0.1, -0.05) is 6.42 Å². The molecule has 0 spiro atoms. The molecular formula is C11H20N2O2. The van der Waals surface area contributed by atoms with Gasteiger partial charge in [0.2, 0.25) is 5.91 Å². The second-order valence-electron chi connectivity index (χ2n) is 4.78. The molecule has 0 aromatic heterocycles. The van der Waals surface area contributed by atoms with Crippen molar-refractivity contribution in [3.8, 4) is 0 Å². The average Bonchev–Trinajstić information content (AvgIpc) is 2.69. The summed E-state index contributed by atoms with van der Waals surface area (Å²) in [4.78, 5) is 11.7. The Hall–Kier alpha value is -0.610. The molecule has 1 unspecified atom stereocenters. The lowest BCUT2D eigenvalue weighted by molar-refractivity contribution is -0.130. The molecule has 15 heavy (non-hydrogen) atoms. The molecule has 1 saturated heterocycles. The maximum atomic E-state index is 11.7. The van der Waals surface area contributed by atoms with Crippen LogP contribution in [0.1, 0.15) is 32.1 Å². The van der Waals surface area contributed by atoms with Crippen LogP contribution in [-0.2, 0) is 9.53 Å². The van der Waals surface area contributed by atoms with Gasteiger partial charge in [-0.2, -0.15) is 0 Å². The summed E-state index contributed by atoms with van der Waals surface area (Å²) in [6.07, 6.45) is 5.19. The molecule has 4 nitrogen and oxygen atoms in total. The van der Waals surface area contributed by atoms with E-state index in [0.29, 0.717) is 6.54 Å². The number of hydrogen-bond acceptors (Lipinski definition) is 3. The lowest BCUT2D eigenvalue weighted by Crippen LogP contribution is -2.48. The summed E-state index contributed by atoms with van der Waals surface area (Å²) in [6, 6.07) is 0. The summed E-state index contributed by atoms with van der Waals surface area (Å²) < 4.78 is 5.32. The lowest BCUT2D eigenvalue weighted by Gasteiger charge is -2.41. The minimum atomic E-state index is -0.208. The number of hydrogen-bond donors (Lipinski definition) is 2. The minimum absolute atomic E-state index is 0.0484. The quantitative estimate of drug-likeness (QED) is 0.709. The number of nitrogens with two attached hydrogens (primary N) is 1. The number of rotatable bonds is 4. The summed E-state index contributed by atoms with van der Waals surface area (Å²) in [6.45, 7) is 2.13. The second-order valence-corrected chi connectivity index (χ2v) is 4.78. The standard InChI is InChI=1S/C11H20N2O2/c12-7-11(4-2-5-11)8-13-10(14)9-3-1-6-15-9/h9H,1-8,12H2,(H,13,14). The van der Waals surface area contributed by atoms with E-state index in [2.05, 4.69) is 5.32 Å². The Morgan fingerprint density at radius 3 is 2.73 bits per heavy atom. The molecule has 4 heteroatoms.